The maximum absolute atomic E-state index is 12.9. The molecule has 0 radical (unpaired) electrons. The van der Waals surface area contributed by atoms with Crippen molar-refractivity contribution in [2.45, 2.75) is 39.0 Å². The highest BCUT2D eigenvalue weighted by atomic mass is 79.9. The van der Waals surface area contributed by atoms with E-state index in [9.17, 15) is 10.1 Å². The highest BCUT2D eigenvalue weighted by Gasteiger charge is 2.29. The van der Waals surface area contributed by atoms with Gasteiger partial charge < -0.3 is 13.9 Å². The number of hydrogen-bond donors (Lipinski definition) is 0. The van der Waals surface area contributed by atoms with Crippen LogP contribution in [-0.2, 0) is 13.1 Å². The second kappa shape index (κ2) is 11.3. The standard InChI is InChI=1S/C28H30BrN3O4/c1-18-15-32(19(2)14-31(18)16-21-7-5-6-20(10-21)13-30)17-22-8-9-25(36-28(22)33)23-11-26(34-3)27(35-4)12-24(23)29/h5-12,18-19H,14-17H2,1-4H3/t18-,19+/m1/s1. The Morgan fingerprint density at radius 1 is 1.00 bits per heavy atom. The molecule has 1 aliphatic rings. The van der Waals surface area contributed by atoms with Crippen LogP contribution in [-0.4, -0.2) is 49.2 Å². The summed E-state index contributed by atoms with van der Waals surface area (Å²) >= 11 is 3.54. The van der Waals surface area contributed by atoms with Crippen LogP contribution < -0.4 is 15.1 Å². The zero-order valence-corrected chi connectivity index (χ0v) is 22.5. The molecule has 7 nitrogen and oxygen atoms in total. The molecule has 2 aromatic carbocycles. The van der Waals surface area contributed by atoms with Crippen molar-refractivity contribution in [3.8, 4) is 28.9 Å². The van der Waals surface area contributed by atoms with Crippen LogP contribution in [0.3, 0.4) is 0 Å². The van der Waals surface area contributed by atoms with Gasteiger partial charge in [0.25, 0.3) is 0 Å². The zero-order chi connectivity index (χ0) is 25.8. The average Bonchev–Trinajstić information content (AvgIpc) is 2.88. The first-order valence-corrected chi connectivity index (χ1v) is 12.6. The summed E-state index contributed by atoms with van der Waals surface area (Å²) in [6, 6.07) is 17.8. The maximum atomic E-state index is 12.9. The fraction of sp³-hybridized carbons (Fsp3) is 0.357. The summed E-state index contributed by atoms with van der Waals surface area (Å²) in [5, 5.41) is 9.18. The number of ether oxygens (including phenoxy) is 2. The Bertz CT molecular complexity index is 1330. The van der Waals surface area contributed by atoms with E-state index < -0.39 is 0 Å². The molecule has 36 heavy (non-hydrogen) atoms. The Morgan fingerprint density at radius 3 is 2.31 bits per heavy atom. The van der Waals surface area contributed by atoms with Gasteiger partial charge in [0.2, 0.25) is 0 Å². The summed E-state index contributed by atoms with van der Waals surface area (Å²) in [5.41, 5.74) is 2.82. The quantitative estimate of drug-likeness (QED) is 0.406. The topological polar surface area (TPSA) is 78.9 Å². The van der Waals surface area contributed by atoms with E-state index >= 15 is 0 Å². The molecule has 3 aromatic rings. The zero-order valence-electron chi connectivity index (χ0n) is 21.0. The molecule has 0 N–H and O–H groups in total. The van der Waals surface area contributed by atoms with Crippen molar-refractivity contribution in [3.63, 3.8) is 0 Å². The minimum atomic E-state index is -0.343. The molecule has 8 heteroatoms. The first-order valence-electron chi connectivity index (χ1n) is 11.8. The maximum Gasteiger partial charge on any atom is 0.340 e. The first-order chi connectivity index (χ1) is 17.3. The Morgan fingerprint density at radius 2 is 1.67 bits per heavy atom. The fourth-order valence-corrected chi connectivity index (χ4v) is 5.17. The van der Waals surface area contributed by atoms with Gasteiger partial charge in [-0.25, -0.2) is 4.79 Å². The first kappa shape index (κ1) is 26.0. The smallest absolute Gasteiger partial charge is 0.340 e. The lowest BCUT2D eigenvalue weighted by molar-refractivity contribution is 0.0322. The van der Waals surface area contributed by atoms with Crippen molar-refractivity contribution < 1.29 is 13.9 Å². The lowest BCUT2D eigenvalue weighted by atomic mass is 10.0. The van der Waals surface area contributed by atoms with Gasteiger partial charge in [0, 0.05) is 48.3 Å². The van der Waals surface area contributed by atoms with Crippen molar-refractivity contribution in [3.05, 3.63) is 80.1 Å². The van der Waals surface area contributed by atoms with E-state index in [0.29, 0.717) is 46.5 Å². The third-order valence-corrected chi connectivity index (χ3v) is 7.35. The number of nitriles is 1. The molecule has 0 amide bonds. The molecule has 0 unspecified atom stereocenters. The van der Waals surface area contributed by atoms with Crippen molar-refractivity contribution in [1.82, 2.24) is 9.80 Å². The third-order valence-electron chi connectivity index (χ3n) is 6.70. The number of nitrogens with zero attached hydrogens (tertiary/aromatic N) is 3. The Balaban J connectivity index is 1.47. The lowest BCUT2D eigenvalue weighted by Crippen LogP contribution is -2.55. The predicted molar refractivity (Wildman–Crippen MR) is 142 cm³/mol. The summed E-state index contributed by atoms with van der Waals surface area (Å²) in [5.74, 6) is 1.61. The van der Waals surface area contributed by atoms with Gasteiger partial charge in [-0.1, -0.05) is 12.1 Å². The van der Waals surface area contributed by atoms with Crippen molar-refractivity contribution >= 4 is 15.9 Å². The minimum absolute atomic E-state index is 0.263. The van der Waals surface area contributed by atoms with Gasteiger partial charge in [-0.05, 0) is 71.7 Å². The molecule has 0 saturated carbocycles. The van der Waals surface area contributed by atoms with E-state index in [4.69, 9.17) is 13.9 Å². The van der Waals surface area contributed by atoms with Crippen LogP contribution in [0.15, 0.2) is 62.2 Å². The molecule has 2 heterocycles. The highest BCUT2D eigenvalue weighted by molar-refractivity contribution is 9.10. The number of benzene rings is 2. The molecule has 1 saturated heterocycles. The molecular formula is C28H30BrN3O4. The molecule has 1 fully saturated rings. The molecule has 0 aliphatic carbocycles. The Kier molecular flexibility index (Phi) is 8.14. The second-order valence-corrected chi connectivity index (χ2v) is 10.0. The normalized spacial score (nSPS) is 18.6. The highest BCUT2D eigenvalue weighted by Crippen LogP contribution is 2.38. The van der Waals surface area contributed by atoms with Gasteiger partial charge in [-0.3, -0.25) is 9.80 Å². The van der Waals surface area contributed by atoms with Crippen molar-refractivity contribution in [1.29, 1.82) is 5.26 Å². The largest absolute Gasteiger partial charge is 0.493 e. The number of halogens is 1. The van der Waals surface area contributed by atoms with E-state index in [-0.39, 0.29) is 11.7 Å². The minimum Gasteiger partial charge on any atom is -0.493 e. The van der Waals surface area contributed by atoms with Crippen LogP contribution in [0.25, 0.3) is 11.3 Å². The van der Waals surface area contributed by atoms with Gasteiger partial charge in [0.05, 0.1) is 31.4 Å². The Hall–Kier alpha value is -3.12. The van der Waals surface area contributed by atoms with E-state index in [1.54, 1.807) is 26.4 Å². The van der Waals surface area contributed by atoms with Crippen LogP contribution in [0.1, 0.15) is 30.5 Å². The van der Waals surface area contributed by atoms with Crippen LogP contribution in [0.5, 0.6) is 11.5 Å². The van der Waals surface area contributed by atoms with Gasteiger partial charge in [0.1, 0.15) is 5.76 Å². The molecule has 0 bridgehead atoms. The summed E-state index contributed by atoms with van der Waals surface area (Å²) < 4.78 is 17.2. The monoisotopic (exact) mass is 551 g/mol. The number of methoxy groups -OCH3 is 2. The van der Waals surface area contributed by atoms with Crippen molar-refractivity contribution in [2.24, 2.45) is 0 Å². The van der Waals surface area contributed by atoms with E-state index in [2.05, 4.69) is 51.7 Å². The number of hydrogen-bond acceptors (Lipinski definition) is 7. The van der Waals surface area contributed by atoms with Gasteiger partial charge in [0.15, 0.2) is 11.5 Å². The number of piperazine rings is 1. The summed E-state index contributed by atoms with van der Waals surface area (Å²) in [4.78, 5) is 17.7. The van der Waals surface area contributed by atoms with E-state index in [0.717, 1.165) is 29.7 Å². The van der Waals surface area contributed by atoms with Crippen LogP contribution in [0.2, 0.25) is 0 Å². The lowest BCUT2D eigenvalue weighted by Gasteiger charge is -2.44. The molecule has 1 aliphatic heterocycles. The van der Waals surface area contributed by atoms with Crippen molar-refractivity contribution in [2.75, 3.05) is 27.3 Å². The predicted octanol–water partition coefficient (Wildman–Crippen LogP) is 5.05. The van der Waals surface area contributed by atoms with E-state index in [1.807, 2.05) is 30.3 Å². The molecule has 188 valence electrons. The summed E-state index contributed by atoms with van der Waals surface area (Å²) in [6.07, 6.45) is 0. The van der Waals surface area contributed by atoms with Crippen LogP contribution in [0.4, 0.5) is 0 Å². The molecular weight excluding hydrogens is 522 g/mol. The van der Waals surface area contributed by atoms with Crippen LogP contribution >= 0.6 is 15.9 Å². The molecule has 0 spiro atoms. The number of rotatable bonds is 7. The second-order valence-electron chi connectivity index (χ2n) is 9.17. The van der Waals surface area contributed by atoms with E-state index in [1.165, 1.54) is 0 Å². The van der Waals surface area contributed by atoms with Gasteiger partial charge >= 0.3 is 5.63 Å². The third kappa shape index (κ3) is 5.65. The molecule has 1 aromatic heterocycles. The molecule has 2 atom stereocenters. The summed E-state index contributed by atoms with van der Waals surface area (Å²) in [6.45, 7) is 7.42. The van der Waals surface area contributed by atoms with Gasteiger partial charge in [-0.2, -0.15) is 5.26 Å². The Labute approximate surface area is 220 Å². The fourth-order valence-electron chi connectivity index (χ4n) is 4.65. The average molecular weight is 552 g/mol. The molecule has 4 rings (SSSR count). The van der Waals surface area contributed by atoms with Gasteiger partial charge in [-0.15, -0.1) is 0 Å². The SMILES string of the molecule is COc1cc(Br)c(-c2ccc(CN3C[C@@H](C)N(Cc4cccc(C#N)c4)C[C@@H]3C)c(=O)o2)cc1OC. The summed E-state index contributed by atoms with van der Waals surface area (Å²) in [7, 11) is 3.15. The van der Waals surface area contributed by atoms with Crippen LogP contribution in [0, 0.1) is 11.3 Å².